The first-order chi connectivity index (χ1) is 15.1. The SMILES string of the molecule is CCCCn1c(N)c(N(CCC(=O)Nc2ccc(F)c(F)c2)CCC(C)C)c(=O)[nH]c1=O. The van der Waals surface area contributed by atoms with Crippen LogP contribution >= 0.6 is 0 Å². The first-order valence-corrected chi connectivity index (χ1v) is 10.8. The van der Waals surface area contributed by atoms with Crippen molar-refractivity contribution in [3.8, 4) is 0 Å². The van der Waals surface area contributed by atoms with Crippen LogP contribution < -0.4 is 27.2 Å². The number of nitrogens with zero attached hydrogens (tertiary/aromatic N) is 2. The predicted molar refractivity (Wildman–Crippen MR) is 122 cm³/mol. The zero-order valence-electron chi connectivity index (χ0n) is 18.7. The molecule has 176 valence electrons. The van der Waals surface area contributed by atoms with E-state index in [1.807, 2.05) is 20.8 Å². The van der Waals surface area contributed by atoms with Crippen molar-refractivity contribution in [2.75, 3.05) is 29.0 Å². The van der Waals surface area contributed by atoms with Gasteiger partial charge in [-0.05, 0) is 30.9 Å². The molecule has 2 aromatic rings. The fourth-order valence-electron chi connectivity index (χ4n) is 3.20. The predicted octanol–water partition coefficient (Wildman–Crippen LogP) is 3.08. The van der Waals surface area contributed by atoms with E-state index in [2.05, 4.69) is 10.3 Å². The van der Waals surface area contributed by atoms with Crippen LogP contribution in [0.4, 0.5) is 26.0 Å². The van der Waals surface area contributed by atoms with Crippen LogP contribution in [0.1, 0.15) is 46.5 Å². The highest BCUT2D eigenvalue weighted by Crippen LogP contribution is 2.19. The lowest BCUT2D eigenvalue weighted by molar-refractivity contribution is -0.116. The van der Waals surface area contributed by atoms with Crippen LogP contribution in [-0.4, -0.2) is 28.5 Å². The lowest BCUT2D eigenvalue weighted by atomic mass is 10.1. The molecule has 32 heavy (non-hydrogen) atoms. The molecule has 0 spiro atoms. The Kier molecular flexibility index (Phi) is 8.98. The van der Waals surface area contributed by atoms with Gasteiger partial charge in [-0.2, -0.15) is 0 Å². The topological polar surface area (TPSA) is 113 Å². The van der Waals surface area contributed by atoms with E-state index >= 15 is 0 Å². The third-order valence-corrected chi connectivity index (χ3v) is 5.05. The number of H-pyrrole nitrogens is 1. The first-order valence-electron chi connectivity index (χ1n) is 10.8. The van der Waals surface area contributed by atoms with Crippen molar-refractivity contribution in [1.29, 1.82) is 0 Å². The number of nitrogen functional groups attached to an aromatic ring is 1. The number of aromatic amines is 1. The van der Waals surface area contributed by atoms with Crippen molar-refractivity contribution in [2.45, 2.75) is 53.0 Å². The summed E-state index contributed by atoms with van der Waals surface area (Å²) in [5.41, 5.74) is 5.33. The minimum absolute atomic E-state index is 0.0238. The molecule has 0 atom stereocenters. The van der Waals surface area contributed by atoms with Gasteiger partial charge in [0.2, 0.25) is 5.91 Å². The highest BCUT2D eigenvalue weighted by Gasteiger charge is 2.20. The van der Waals surface area contributed by atoms with E-state index in [9.17, 15) is 23.2 Å². The van der Waals surface area contributed by atoms with Gasteiger partial charge in [-0.1, -0.05) is 27.2 Å². The zero-order chi connectivity index (χ0) is 23.8. The molecule has 0 aliphatic rings. The average Bonchev–Trinajstić information content (AvgIpc) is 2.71. The Balaban J connectivity index is 2.24. The summed E-state index contributed by atoms with van der Waals surface area (Å²) in [4.78, 5) is 41.2. The summed E-state index contributed by atoms with van der Waals surface area (Å²) < 4.78 is 27.8. The van der Waals surface area contributed by atoms with Crippen LogP contribution in [0.5, 0.6) is 0 Å². The van der Waals surface area contributed by atoms with E-state index in [4.69, 9.17) is 5.73 Å². The van der Waals surface area contributed by atoms with E-state index < -0.39 is 28.8 Å². The van der Waals surface area contributed by atoms with Gasteiger partial charge in [0.1, 0.15) is 11.5 Å². The number of nitrogens with one attached hydrogen (secondary N) is 2. The number of carbonyl (C=O) groups is 1. The Morgan fingerprint density at radius 3 is 2.56 bits per heavy atom. The normalized spacial score (nSPS) is 11.1. The molecule has 0 fully saturated rings. The van der Waals surface area contributed by atoms with Crippen molar-refractivity contribution in [1.82, 2.24) is 9.55 Å². The van der Waals surface area contributed by atoms with Gasteiger partial charge < -0.3 is 16.0 Å². The van der Waals surface area contributed by atoms with Gasteiger partial charge in [0.05, 0.1) is 0 Å². The van der Waals surface area contributed by atoms with Crippen molar-refractivity contribution >= 4 is 23.1 Å². The number of hydrogen-bond donors (Lipinski definition) is 3. The number of aromatic nitrogens is 2. The van der Waals surface area contributed by atoms with E-state index in [0.717, 1.165) is 31.4 Å². The van der Waals surface area contributed by atoms with Gasteiger partial charge in [0.15, 0.2) is 11.6 Å². The first kappa shape index (κ1) is 25.1. The molecule has 1 aromatic carbocycles. The molecule has 0 bridgehead atoms. The summed E-state index contributed by atoms with van der Waals surface area (Å²) >= 11 is 0. The minimum Gasteiger partial charge on any atom is -0.383 e. The van der Waals surface area contributed by atoms with Crippen LogP contribution in [0.3, 0.4) is 0 Å². The second-order valence-electron chi connectivity index (χ2n) is 8.09. The third-order valence-electron chi connectivity index (χ3n) is 5.05. The van der Waals surface area contributed by atoms with E-state index in [-0.39, 0.29) is 30.2 Å². The van der Waals surface area contributed by atoms with Crippen molar-refractivity contribution in [3.05, 3.63) is 50.7 Å². The molecule has 0 saturated heterocycles. The van der Waals surface area contributed by atoms with E-state index in [0.29, 0.717) is 19.0 Å². The summed E-state index contributed by atoms with van der Waals surface area (Å²) in [6, 6.07) is 3.09. The molecule has 0 aliphatic carbocycles. The number of anilines is 3. The maximum atomic E-state index is 13.4. The number of rotatable bonds is 11. The number of hydrogen-bond acceptors (Lipinski definition) is 5. The largest absolute Gasteiger partial charge is 0.383 e. The monoisotopic (exact) mass is 451 g/mol. The molecule has 0 aliphatic heterocycles. The van der Waals surface area contributed by atoms with Gasteiger partial charge in [-0.15, -0.1) is 0 Å². The molecule has 2 rings (SSSR count). The molecule has 4 N–H and O–H groups in total. The summed E-state index contributed by atoms with van der Waals surface area (Å²) in [5.74, 6) is -2.09. The lowest BCUT2D eigenvalue weighted by Crippen LogP contribution is -2.40. The Hall–Kier alpha value is -3.17. The van der Waals surface area contributed by atoms with Gasteiger partial charge in [-0.3, -0.25) is 19.1 Å². The van der Waals surface area contributed by atoms with Crippen LogP contribution in [0.25, 0.3) is 0 Å². The number of nitrogens with two attached hydrogens (primary N) is 1. The van der Waals surface area contributed by atoms with Gasteiger partial charge in [-0.25, -0.2) is 13.6 Å². The Bertz CT molecular complexity index is 1050. The van der Waals surface area contributed by atoms with Crippen LogP contribution in [-0.2, 0) is 11.3 Å². The number of carbonyl (C=O) groups excluding carboxylic acids is 1. The third kappa shape index (κ3) is 6.66. The van der Waals surface area contributed by atoms with Crippen LogP contribution in [0.2, 0.25) is 0 Å². The number of unbranched alkanes of at least 4 members (excludes halogenated alkanes) is 1. The molecule has 1 heterocycles. The second kappa shape index (κ2) is 11.4. The summed E-state index contributed by atoms with van der Waals surface area (Å²) in [6.45, 7) is 7.03. The maximum Gasteiger partial charge on any atom is 0.330 e. The Morgan fingerprint density at radius 1 is 1.22 bits per heavy atom. The maximum absolute atomic E-state index is 13.4. The molecule has 1 amide bonds. The Morgan fingerprint density at radius 2 is 1.94 bits per heavy atom. The fourth-order valence-corrected chi connectivity index (χ4v) is 3.20. The minimum atomic E-state index is -1.06. The highest BCUT2D eigenvalue weighted by molar-refractivity contribution is 5.91. The number of amides is 1. The number of benzene rings is 1. The van der Waals surface area contributed by atoms with E-state index in [1.165, 1.54) is 10.6 Å². The molecule has 0 radical (unpaired) electrons. The fraction of sp³-hybridized carbons (Fsp3) is 0.500. The number of halogens is 2. The van der Waals surface area contributed by atoms with Crippen molar-refractivity contribution in [3.63, 3.8) is 0 Å². The molecule has 0 unspecified atom stereocenters. The zero-order valence-corrected chi connectivity index (χ0v) is 18.7. The molecule has 10 heteroatoms. The molecule has 0 saturated carbocycles. The van der Waals surface area contributed by atoms with Crippen LogP contribution in [0.15, 0.2) is 27.8 Å². The summed E-state index contributed by atoms with van der Waals surface area (Å²) in [5, 5.41) is 2.51. The summed E-state index contributed by atoms with van der Waals surface area (Å²) in [6.07, 6.45) is 2.28. The Labute approximate surface area is 185 Å². The standard InChI is InChI=1S/C22H31F2N5O3/c1-4-5-10-29-20(25)19(21(31)27-22(29)32)28(11-8-14(2)3)12-9-18(30)26-15-6-7-16(23)17(24)13-15/h6-7,13-14H,4-5,8-12,25H2,1-3H3,(H,26,30)(H,27,31,32). The van der Waals surface area contributed by atoms with Crippen molar-refractivity contribution < 1.29 is 13.6 Å². The van der Waals surface area contributed by atoms with Crippen LogP contribution in [0, 0.1) is 17.6 Å². The highest BCUT2D eigenvalue weighted by atomic mass is 19.2. The molecular formula is C22H31F2N5O3. The molecular weight excluding hydrogens is 420 g/mol. The summed E-state index contributed by atoms with van der Waals surface area (Å²) in [7, 11) is 0. The quantitative estimate of drug-likeness (QED) is 0.486. The average molecular weight is 452 g/mol. The van der Waals surface area contributed by atoms with Gasteiger partial charge >= 0.3 is 5.69 Å². The van der Waals surface area contributed by atoms with Gasteiger partial charge in [0.25, 0.3) is 5.56 Å². The second-order valence-corrected chi connectivity index (χ2v) is 8.09. The van der Waals surface area contributed by atoms with Gasteiger partial charge in [0, 0.05) is 37.8 Å². The van der Waals surface area contributed by atoms with E-state index in [1.54, 1.807) is 4.90 Å². The van der Waals surface area contributed by atoms with Crippen molar-refractivity contribution in [2.24, 2.45) is 5.92 Å². The lowest BCUT2D eigenvalue weighted by Gasteiger charge is -2.27. The molecule has 8 nitrogen and oxygen atoms in total. The smallest absolute Gasteiger partial charge is 0.330 e. The molecule has 1 aromatic heterocycles.